The Labute approximate surface area is 137 Å². The van der Waals surface area contributed by atoms with Gasteiger partial charge in [0.25, 0.3) is 5.95 Å². The zero-order valence-electron chi connectivity index (χ0n) is 11.7. The molecular weight excluding hydrogens is 323 g/mol. The van der Waals surface area contributed by atoms with Crippen LogP contribution in [0.15, 0.2) is 51.7 Å². The van der Waals surface area contributed by atoms with Gasteiger partial charge in [-0.15, -0.1) is 0 Å². The molecule has 0 unspecified atom stereocenters. The monoisotopic (exact) mass is 334 g/mol. The molecule has 0 bridgehead atoms. The van der Waals surface area contributed by atoms with Crippen LogP contribution in [0.4, 0.5) is 0 Å². The molecule has 3 aromatic rings. The number of fused-ring (bicyclic) bond motifs is 1. The largest absolute Gasteiger partial charge is 0.465 e. The van der Waals surface area contributed by atoms with E-state index < -0.39 is 5.63 Å². The highest BCUT2D eigenvalue weighted by Gasteiger charge is 2.17. The van der Waals surface area contributed by atoms with E-state index in [0.29, 0.717) is 27.6 Å². The van der Waals surface area contributed by atoms with Gasteiger partial charge < -0.3 is 9.15 Å². The van der Waals surface area contributed by atoms with E-state index in [9.17, 15) is 4.79 Å². The Balaban J connectivity index is 2.39. The van der Waals surface area contributed by atoms with E-state index in [4.69, 9.17) is 32.4 Å². The molecule has 0 amide bonds. The highest BCUT2D eigenvalue weighted by Crippen LogP contribution is 2.37. The quantitative estimate of drug-likeness (QED) is 0.663. The standard InChI is InChI=1S/C17H12Cl2O3/c1-2-21-17-15(10-7-8-13(18)14(19)9-10)11-5-3-4-6-12(11)16(20)22-17/h3-9H,2H2,1H3. The number of hydrogen-bond acceptors (Lipinski definition) is 3. The normalized spacial score (nSPS) is 10.9. The maximum atomic E-state index is 12.1. The Hall–Kier alpha value is -1.97. The topological polar surface area (TPSA) is 39.4 Å². The Bertz CT molecular complexity index is 900. The fourth-order valence-corrected chi connectivity index (χ4v) is 2.64. The first-order valence-electron chi connectivity index (χ1n) is 6.76. The minimum atomic E-state index is -0.428. The Morgan fingerprint density at radius 1 is 1.05 bits per heavy atom. The first-order chi connectivity index (χ1) is 10.6. The number of rotatable bonds is 3. The molecule has 0 saturated heterocycles. The molecule has 22 heavy (non-hydrogen) atoms. The Morgan fingerprint density at radius 2 is 1.77 bits per heavy atom. The summed E-state index contributed by atoms with van der Waals surface area (Å²) in [6.45, 7) is 2.21. The molecule has 0 atom stereocenters. The van der Waals surface area contributed by atoms with Crippen LogP contribution in [-0.4, -0.2) is 6.61 Å². The SMILES string of the molecule is CCOc1oc(=O)c2ccccc2c1-c1ccc(Cl)c(Cl)c1. The maximum absolute atomic E-state index is 12.1. The van der Waals surface area contributed by atoms with Crippen LogP contribution in [0.3, 0.4) is 0 Å². The summed E-state index contributed by atoms with van der Waals surface area (Å²) in [5, 5.41) is 2.13. The van der Waals surface area contributed by atoms with E-state index in [2.05, 4.69) is 0 Å². The highest BCUT2D eigenvalue weighted by molar-refractivity contribution is 6.42. The van der Waals surface area contributed by atoms with Gasteiger partial charge in [-0.3, -0.25) is 0 Å². The number of hydrogen-bond donors (Lipinski definition) is 0. The van der Waals surface area contributed by atoms with Crippen molar-refractivity contribution >= 4 is 34.0 Å². The van der Waals surface area contributed by atoms with Crippen molar-refractivity contribution in [1.29, 1.82) is 0 Å². The minimum absolute atomic E-state index is 0.185. The molecule has 3 nitrogen and oxygen atoms in total. The predicted octanol–water partition coefficient (Wildman–Crippen LogP) is 5.17. The second-order valence-electron chi connectivity index (χ2n) is 4.66. The molecule has 0 saturated carbocycles. The third kappa shape index (κ3) is 2.58. The van der Waals surface area contributed by atoms with Crippen molar-refractivity contribution in [2.75, 3.05) is 6.61 Å². The van der Waals surface area contributed by atoms with Gasteiger partial charge in [0.05, 0.1) is 27.6 Å². The molecular formula is C17H12Cl2O3. The van der Waals surface area contributed by atoms with Gasteiger partial charge in [0.15, 0.2) is 0 Å². The minimum Gasteiger partial charge on any atom is -0.465 e. The summed E-state index contributed by atoms with van der Waals surface area (Å²) in [6.07, 6.45) is 0. The van der Waals surface area contributed by atoms with Crippen molar-refractivity contribution in [2.24, 2.45) is 0 Å². The average Bonchev–Trinajstić information content (AvgIpc) is 2.51. The molecule has 0 spiro atoms. The molecule has 2 aromatic carbocycles. The van der Waals surface area contributed by atoms with Gasteiger partial charge in [0.1, 0.15) is 0 Å². The lowest BCUT2D eigenvalue weighted by atomic mass is 10.0. The smallest absolute Gasteiger partial charge is 0.346 e. The summed E-state index contributed by atoms with van der Waals surface area (Å²) in [4.78, 5) is 12.1. The molecule has 112 valence electrons. The van der Waals surface area contributed by atoms with E-state index in [-0.39, 0.29) is 5.95 Å². The van der Waals surface area contributed by atoms with Gasteiger partial charge in [0, 0.05) is 5.39 Å². The van der Waals surface area contributed by atoms with Crippen LogP contribution >= 0.6 is 23.2 Å². The molecule has 3 rings (SSSR count). The van der Waals surface area contributed by atoms with E-state index in [1.54, 1.807) is 24.3 Å². The molecule has 0 N–H and O–H groups in total. The second kappa shape index (κ2) is 6.03. The fraction of sp³-hybridized carbons (Fsp3) is 0.118. The maximum Gasteiger partial charge on any atom is 0.346 e. The Kier molecular flexibility index (Phi) is 4.10. The summed E-state index contributed by atoms with van der Waals surface area (Å²) >= 11 is 12.1. The zero-order chi connectivity index (χ0) is 15.7. The number of ether oxygens (including phenoxy) is 1. The molecule has 1 aromatic heterocycles. The molecule has 0 fully saturated rings. The fourth-order valence-electron chi connectivity index (χ4n) is 2.34. The predicted molar refractivity (Wildman–Crippen MR) is 89.1 cm³/mol. The zero-order valence-corrected chi connectivity index (χ0v) is 13.2. The molecule has 0 aliphatic rings. The van der Waals surface area contributed by atoms with E-state index in [0.717, 1.165) is 10.9 Å². The lowest BCUT2D eigenvalue weighted by Gasteiger charge is -2.12. The van der Waals surface area contributed by atoms with Crippen LogP contribution in [0, 0.1) is 0 Å². The highest BCUT2D eigenvalue weighted by atomic mass is 35.5. The first-order valence-corrected chi connectivity index (χ1v) is 7.51. The van der Waals surface area contributed by atoms with Gasteiger partial charge in [-0.1, -0.05) is 47.5 Å². The van der Waals surface area contributed by atoms with Gasteiger partial charge in [-0.05, 0) is 30.7 Å². The van der Waals surface area contributed by atoms with Crippen molar-refractivity contribution in [3.05, 3.63) is 62.9 Å². The summed E-state index contributed by atoms with van der Waals surface area (Å²) in [5.41, 5.74) is 1.04. The van der Waals surface area contributed by atoms with Crippen molar-refractivity contribution in [1.82, 2.24) is 0 Å². The van der Waals surface area contributed by atoms with Crippen LogP contribution in [0.25, 0.3) is 21.9 Å². The molecule has 0 radical (unpaired) electrons. The molecule has 1 heterocycles. The van der Waals surface area contributed by atoms with Gasteiger partial charge in [-0.25, -0.2) is 4.79 Å². The van der Waals surface area contributed by atoms with Crippen LogP contribution in [0.5, 0.6) is 5.95 Å². The third-order valence-corrected chi connectivity index (χ3v) is 4.03. The summed E-state index contributed by atoms with van der Waals surface area (Å²) in [6, 6.07) is 12.5. The number of halogens is 2. The summed E-state index contributed by atoms with van der Waals surface area (Å²) in [7, 11) is 0. The second-order valence-corrected chi connectivity index (χ2v) is 5.47. The lowest BCUT2D eigenvalue weighted by Crippen LogP contribution is -2.05. The van der Waals surface area contributed by atoms with Crippen molar-refractivity contribution in [2.45, 2.75) is 6.92 Å². The van der Waals surface area contributed by atoms with Crippen molar-refractivity contribution in [3.63, 3.8) is 0 Å². The van der Waals surface area contributed by atoms with Crippen molar-refractivity contribution < 1.29 is 9.15 Å². The van der Waals surface area contributed by atoms with Crippen molar-refractivity contribution in [3.8, 4) is 17.1 Å². The third-order valence-electron chi connectivity index (χ3n) is 3.29. The van der Waals surface area contributed by atoms with Gasteiger partial charge in [-0.2, -0.15) is 0 Å². The van der Waals surface area contributed by atoms with Gasteiger partial charge >= 0.3 is 5.63 Å². The average molecular weight is 335 g/mol. The first kappa shape index (κ1) is 14.9. The molecule has 5 heteroatoms. The Morgan fingerprint density at radius 3 is 2.45 bits per heavy atom. The van der Waals surface area contributed by atoms with Crippen LogP contribution in [-0.2, 0) is 0 Å². The van der Waals surface area contributed by atoms with E-state index in [1.165, 1.54) is 0 Å². The van der Waals surface area contributed by atoms with Crippen LogP contribution in [0.1, 0.15) is 6.92 Å². The number of benzene rings is 2. The lowest BCUT2D eigenvalue weighted by molar-refractivity contribution is 0.247. The van der Waals surface area contributed by atoms with Crippen LogP contribution < -0.4 is 10.4 Å². The molecule has 0 aliphatic carbocycles. The molecule has 0 aliphatic heterocycles. The van der Waals surface area contributed by atoms with E-state index in [1.807, 2.05) is 25.1 Å². The summed E-state index contributed by atoms with van der Waals surface area (Å²) < 4.78 is 10.8. The van der Waals surface area contributed by atoms with E-state index >= 15 is 0 Å². The van der Waals surface area contributed by atoms with Gasteiger partial charge in [0.2, 0.25) is 0 Å². The van der Waals surface area contributed by atoms with Crippen LogP contribution in [0.2, 0.25) is 10.0 Å². The summed E-state index contributed by atoms with van der Waals surface area (Å²) in [5.74, 6) is 0.185.